The van der Waals surface area contributed by atoms with Gasteiger partial charge in [-0.15, -0.1) is 0 Å². The van der Waals surface area contributed by atoms with Crippen LogP contribution in [0.4, 0.5) is 0 Å². The van der Waals surface area contributed by atoms with Gasteiger partial charge in [-0.25, -0.2) is 0 Å². The maximum absolute atomic E-state index is 11.7. The van der Waals surface area contributed by atoms with Gasteiger partial charge in [-0.3, -0.25) is 4.79 Å². The molecule has 3 aliphatic rings. The van der Waals surface area contributed by atoms with Crippen LogP contribution in [0.3, 0.4) is 0 Å². The molecule has 0 bridgehead atoms. The van der Waals surface area contributed by atoms with Crippen LogP contribution < -0.4 is 0 Å². The van der Waals surface area contributed by atoms with Gasteiger partial charge >= 0.3 is 0 Å². The first-order chi connectivity index (χ1) is 6.21. The first-order valence-corrected chi connectivity index (χ1v) is 6.17. The lowest BCUT2D eigenvalue weighted by Gasteiger charge is -2.36. The SMILES string of the molecule is C[C@]12CCN3C(=O)CC[C@H](SC1)[C@@H]32. The summed E-state index contributed by atoms with van der Waals surface area (Å²) in [4.78, 5) is 13.8. The quantitative estimate of drug-likeness (QED) is 0.586. The van der Waals surface area contributed by atoms with Crippen LogP contribution in [0.1, 0.15) is 26.2 Å². The van der Waals surface area contributed by atoms with Gasteiger partial charge in [0.15, 0.2) is 0 Å². The minimum Gasteiger partial charge on any atom is -0.338 e. The van der Waals surface area contributed by atoms with E-state index in [0.717, 1.165) is 24.6 Å². The molecule has 0 N–H and O–H groups in total. The third-order valence-electron chi connectivity index (χ3n) is 3.92. The summed E-state index contributed by atoms with van der Waals surface area (Å²) in [6.07, 6.45) is 3.15. The van der Waals surface area contributed by atoms with Gasteiger partial charge in [0.25, 0.3) is 0 Å². The highest BCUT2D eigenvalue weighted by molar-refractivity contribution is 8.00. The summed E-state index contributed by atoms with van der Waals surface area (Å²) >= 11 is 2.10. The van der Waals surface area contributed by atoms with Crippen LogP contribution in [-0.4, -0.2) is 34.4 Å². The summed E-state index contributed by atoms with van der Waals surface area (Å²) in [6.45, 7) is 3.39. The van der Waals surface area contributed by atoms with E-state index in [9.17, 15) is 4.79 Å². The minimum atomic E-state index is 0.410. The smallest absolute Gasteiger partial charge is 0.222 e. The molecule has 1 amide bonds. The van der Waals surface area contributed by atoms with Crippen molar-refractivity contribution in [3.05, 3.63) is 0 Å². The number of thioether (sulfide) groups is 1. The van der Waals surface area contributed by atoms with Crippen molar-refractivity contribution in [2.24, 2.45) is 5.41 Å². The number of rotatable bonds is 0. The summed E-state index contributed by atoms with van der Waals surface area (Å²) in [6, 6.07) is 0.582. The van der Waals surface area contributed by atoms with Gasteiger partial charge in [0.1, 0.15) is 0 Å². The predicted octanol–water partition coefficient (Wildman–Crippen LogP) is 1.50. The average Bonchev–Trinajstić information content (AvgIpc) is 2.59. The average molecular weight is 197 g/mol. The van der Waals surface area contributed by atoms with Gasteiger partial charge in [-0.2, -0.15) is 11.8 Å². The molecule has 0 saturated carbocycles. The molecule has 0 spiro atoms. The van der Waals surface area contributed by atoms with E-state index in [-0.39, 0.29) is 0 Å². The van der Waals surface area contributed by atoms with Gasteiger partial charge in [-0.05, 0) is 18.3 Å². The highest BCUT2D eigenvalue weighted by Gasteiger charge is 2.55. The second-order valence-electron chi connectivity index (χ2n) is 4.82. The van der Waals surface area contributed by atoms with Crippen LogP contribution in [0.25, 0.3) is 0 Å². The topological polar surface area (TPSA) is 20.3 Å². The predicted molar refractivity (Wildman–Crippen MR) is 53.7 cm³/mol. The molecule has 3 atom stereocenters. The van der Waals surface area contributed by atoms with Crippen molar-refractivity contribution in [3.63, 3.8) is 0 Å². The van der Waals surface area contributed by atoms with Gasteiger partial charge in [0, 0.05) is 30.0 Å². The third kappa shape index (κ3) is 0.940. The Labute approximate surface area is 83.1 Å². The molecule has 2 nitrogen and oxygen atoms in total. The van der Waals surface area contributed by atoms with Crippen LogP contribution in [0.5, 0.6) is 0 Å². The molecule has 0 aromatic rings. The van der Waals surface area contributed by atoms with Crippen molar-refractivity contribution in [1.82, 2.24) is 4.90 Å². The monoisotopic (exact) mass is 197 g/mol. The van der Waals surface area contributed by atoms with Gasteiger partial charge in [0.05, 0.1) is 0 Å². The van der Waals surface area contributed by atoms with Crippen molar-refractivity contribution >= 4 is 17.7 Å². The molecule has 0 unspecified atom stereocenters. The van der Waals surface area contributed by atoms with Crippen molar-refractivity contribution in [2.75, 3.05) is 12.3 Å². The Hall–Kier alpha value is -0.180. The fourth-order valence-electron chi connectivity index (χ4n) is 3.17. The first kappa shape index (κ1) is 8.16. The summed E-state index contributed by atoms with van der Waals surface area (Å²) in [5.74, 6) is 1.68. The second-order valence-corrected chi connectivity index (χ2v) is 6.05. The first-order valence-electron chi connectivity index (χ1n) is 5.12. The Morgan fingerprint density at radius 3 is 3.31 bits per heavy atom. The third-order valence-corrected chi connectivity index (χ3v) is 5.66. The summed E-state index contributed by atoms with van der Waals surface area (Å²) in [5, 5.41) is 0.755. The van der Waals surface area contributed by atoms with Gasteiger partial charge in [-0.1, -0.05) is 6.92 Å². The molecule has 3 aliphatic heterocycles. The van der Waals surface area contributed by atoms with Crippen LogP contribution in [0.15, 0.2) is 0 Å². The Morgan fingerprint density at radius 1 is 1.62 bits per heavy atom. The summed E-state index contributed by atoms with van der Waals surface area (Å²) in [7, 11) is 0. The zero-order valence-corrected chi connectivity index (χ0v) is 8.77. The number of hydrogen-bond acceptors (Lipinski definition) is 2. The van der Waals surface area contributed by atoms with E-state index >= 15 is 0 Å². The normalized spacial score (nSPS) is 48.4. The largest absolute Gasteiger partial charge is 0.338 e. The number of nitrogens with zero attached hydrogens (tertiary/aromatic N) is 1. The molecule has 0 aromatic heterocycles. The fraction of sp³-hybridized carbons (Fsp3) is 0.900. The molecule has 3 heteroatoms. The van der Waals surface area contributed by atoms with Gasteiger partial charge in [0.2, 0.25) is 5.91 Å². The number of piperidine rings is 1. The minimum absolute atomic E-state index is 0.410. The van der Waals surface area contributed by atoms with E-state index in [1.807, 2.05) is 0 Å². The molecule has 0 aromatic carbocycles. The van der Waals surface area contributed by atoms with Crippen molar-refractivity contribution in [1.29, 1.82) is 0 Å². The number of carbonyl (C=O) groups excluding carboxylic acids is 1. The summed E-state index contributed by atoms with van der Waals surface area (Å²) in [5.41, 5.74) is 0.450. The molecule has 72 valence electrons. The zero-order valence-electron chi connectivity index (χ0n) is 7.95. The Bertz CT molecular complexity index is 268. The molecule has 3 rings (SSSR count). The number of amides is 1. The Balaban J connectivity index is 1.99. The van der Waals surface area contributed by atoms with E-state index in [1.165, 1.54) is 12.2 Å². The molecule has 3 saturated heterocycles. The molecule has 3 fully saturated rings. The van der Waals surface area contributed by atoms with Crippen LogP contribution in [-0.2, 0) is 4.79 Å². The highest BCUT2D eigenvalue weighted by atomic mass is 32.2. The van der Waals surface area contributed by atoms with E-state index in [4.69, 9.17) is 0 Å². The maximum atomic E-state index is 11.7. The van der Waals surface area contributed by atoms with E-state index < -0.39 is 0 Å². The molecule has 3 heterocycles. The molecule has 0 radical (unpaired) electrons. The van der Waals surface area contributed by atoms with Crippen molar-refractivity contribution < 1.29 is 4.79 Å². The van der Waals surface area contributed by atoms with E-state index in [1.54, 1.807) is 0 Å². The fourth-order valence-corrected chi connectivity index (χ4v) is 5.02. The van der Waals surface area contributed by atoms with Crippen LogP contribution in [0, 0.1) is 5.41 Å². The number of hydrogen-bond donors (Lipinski definition) is 0. The highest BCUT2D eigenvalue weighted by Crippen LogP contribution is 2.53. The van der Waals surface area contributed by atoms with Crippen molar-refractivity contribution in [2.45, 2.75) is 37.5 Å². The lowest BCUT2D eigenvalue weighted by atomic mass is 9.81. The molecular weight excluding hydrogens is 182 g/mol. The maximum Gasteiger partial charge on any atom is 0.222 e. The lowest BCUT2D eigenvalue weighted by molar-refractivity contribution is -0.135. The van der Waals surface area contributed by atoms with Crippen LogP contribution >= 0.6 is 11.8 Å². The van der Waals surface area contributed by atoms with Crippen molar-refractivity contribution in [3.8, 4) is 0 Å². The lowest BCUT2D eigenvalue weighted by Crippen LogP contribution is -2.48. The molecule has 13 heavy (non-hydrogen) atoms. The van der Waals surface area contributed by atoms with E-state index in [0.29, 0.717) is 17.4 Å². The molecule has 0 aliphatic carbocycles. The van der Waals surface area contributed by atoms with Crippen LogP contribution in [0.2, 0.25) is 0 Å². The zero-order chi connectivity index (χ0) is 9.05. The Morgan fingerprint density at radius 2 is 2.46 bits per heavy atom. The standard InChI is InChI=1S/C10H15NOS/c1-10-4-5-11-8(12)3-2-7(9(10)11)13-6-10/h7,9H,2-6H2,1H3/t7-,9+,10-/m0/s1. The number of carbonyl (C=O) groups is 1. The van der Waals surface area contributed by atoms with Gasteiger partial charge < -0.3 is 4.90 Å². The molecular formula is C10H15NOS. The second kappa shape index (κ2) is 2.44. The van der Waals surface area contributed by atoms with E-state index in [2.05, 4.69) is 23.6 Å². The summed E-state index contributed by atoms with van der Waals surface area (Å²) < 4.78 is 0. The Kier molecular flexibility index (Phi) is 1.53.